The maximum atomic E-state index is 13.2. The molecule has 3 aromatic rings. The van der Waals surface area contributed by atoms with Crippen molar-refractivity contribution in [2.75, 3.05) is 27.4 Å². The van der Waals surface area contributed by atoms with Gasteiger partial charge in [0.2, 0.25) is 0 Å². The van der Waals surface area contributed by atoms with E-state index in [2.05, 4.69) is 33.9 Å². The number of aliphatic hydroxyl groups is 1. The molecule has 0 radical (unpaired) electrons. The minimum Gasteiger partial charge on any atom is -0.457 e. The molecule has 0 saturated carbocycles. The van der Waals surface area contributed by atoms with Crippen molar-refractivity contribution in [3.05, 3.63) is 108 Å². The fraction of sp³-hybridized carbons (Fsp3) is 0.565. The summed E-state index contributed by atoms with van der Waals surface area (Å²) >= 11 is 0. The van der Waals surface area contributed by atoms with Crippen LogP contribution in [0.25, 0.3) is 0 Å². The summed E-state index contributed by atoms with van der Waals surface area (Å²) in [6, 6.07) is 29.0. The third-order valence-corrected chi connectivity index (χ3v) is 15.9. The van der Waals surface area contributed by atoms with Gasteiger partial charge in [-0.05, 0) is 41.7 Å². The molecule has 2 aliphatic heterocycles. The average Bonchev–Trinajstić information content (AvgIpc) is 3.23. The molecule has 0 bridgehead atoms. The molecule has 0 aromatic heterocycles. The molecule has 0 aliphatic carbocycles. The lowest BCUT2D eigenvalue weighted by Crippen LogP contribution is -2.66. The van der Waals surface area contributed by atoms with E-state index < -0.39 is 75.7 Å². The molecule has 0 unspecified atom stereocenters. The van der Waals surface area contributed by atoms with Gasteiger partial charge in [-0.3, -0.25) is 4.79 Å². The average molecular weight is 853 g/mol. The summed E-state index contributed by atoms with van der Waals surface area (Å²) in [5.74, 6) is -0.709. The zero-order valence-electron chi connectivity index (χ0n) is 36.2. The quantitative estimate of drug-likeness (QED) is 0.0916. The molecule has 13 nitrogen and oxygen atoms in total. The highest BCUT2D eigenvalue weighted by molar-refractivity contribution is 6.74. The lowest BCUT2D eigenvalue weighted by molar-refractivity contribution is -0.367. The first kappa shape index (κ1) is 47.7. The van der Waals surface area contributed by atoms with Gasteiger partial charge in [0.1, 0.15) is 48.5 Å². The number of carbonyl (C=O) groups excluding carboxylic acids is 2. The summed E-state index contributed by atoms with van der Waals surface area (Å²) in [6.45, 7) is 12.8. The first-order valence-electron chi connectivity index (χ1n) is 20.7. The highest BCUT2D eigenvalue weighted by Gasteiger charge is 2.55. The van der Waals surface area contributed by atoms with Crippen molar-refractivity contribution in [3.8, 4) is 0 Å². The van der Waals surface area contributed by atoms with Crippen LogP contribution in [0.4, 0.5) is 0 Å². The van der Waals surface area contributed by atoms with Crippen LogP contribution in [0.1, 0.15) is 57.2 Å². The van der Waals surface area contributed by atoms with Crippen LogP contribution < -0.4 is 0 Å². The van der Waals surface area contributed by atoms with E-state index in [4.69, 9.17) is 47.1 Å². The SMILES string of the molecule is CO[C@@H]1[C@@H](OC)[C@H](O[C@H]2[C@H](OCc3ccccc3)[C@@H](OCc3ccccc3)[C@@H](O)O[C@@H]2COCc2ccccc2)O[C@@H](CO[Si](C)(C)C(C)(C)C)[C@H]1OC(=O)CCC(C)=O. The molecule has 2 heterocycles. The summed E-state index contributed by atoms with van der Waals surface area (Å²) < 4.78 is 64.3. The Morgan fingerprint density at radius 2 is 1.17 bits per heavy atom. The van der Waals surface area contributed by atoms with Crippen LogP contribution >= 0.6 is 0 Å². The smallest absolute Gasteiger partial charge is 0.306 e. The van der Waals surface area contributed by atoms with Crippen LogP contribution in [0.2, 0.25) is 18.1 Å². The molecule has 2 fully saturated rings. The molecular formula is C46H64O13Si. The molecule has 1 N–H and O–H groups in total. The van der Waals surface area contributed by atoms with E-state index in [9.17, 15) is 14.7 Å². The topological polar surface area (TPSA) is 147 Å². The van der Waals surface area contributed by atoms with Gasteiger partial charge in [0.05, 0.1) is 39.5 Å². The van der Waals surface area contributed by atoms with Gasteiger partial charge in [-0.1, -0.05) is 112 Å². The van der Waals surface area contributed by atoms with E-state index in [1.807, 2.05) is 91.0 Å². The van der Waals surface area contributed by atoms with Crippen molar-refractivity contribution < 1.29 is 61.8 Å². The molecule has 10 atom stereocenters. The second kappa shape index (κ2) is 22.6. The van der Waals surface area contributed by atoms with Crippen molar-refractivity contribution in [1.29, 1.82) is 0 Å². The standard InChI is InChI=1S/C46H64O13Si/c1-31(47)24-25-37(48)58-38-36(30-55-60(7,8)46(2,3)4)57-45(43(51-6)40(38)50-5)59-39-35(29-52-26-32-18-12-9-13-19-32)56-44(49)42(54-28-34-22-16-11-17-23-34)41(39)53-27-33-20-14-10-15-21-33/h9-23,35-36,38-45,49H,24-30H2,1-8H3/t35-,36+,38-,39-,40+,41+,42-,43-,44+,45+/m1/s1. The number of hydrogen-bond donors (Lipinski definition) is 1. The third-order valence-electron chi connectivity index (χ3n) is 11.4. The van der Waals surface area contributed by atoms with Gasteiger partial charge in [-0.25, -0.2) is 0 Å². The number of rotatable bonds is 21. The fourth-order valence-electron chi connectivity index (χ4n) is 6.89. The van der Waals surface area contributed by atoms with Crippen LogP contribution in [-0.4, -0.2) is 114 Å². The van der Waals surface area contributed by atoms with Crippen LogP contribution in [0.15, 0.2) is 91.0 Å². The van der Waals surface area contributed by atoms with Crippen molar-refractivity contribution in [2.45, 2.75) is 140 Å². The lowest BCUT2D eigenvalue weighted by Gasteiger charge is -2.49. The lowest BCUT2D eigenvalue weighted by atomic mass is 9.96. The summed E-state index contributed by atoms with van der Waals surface area (Å²) in [5.41, 5.74) is 2.75. The molecule has 3 aromatic carbocycles. The zero-order chi connectivity index (χ0) is 43.3. The second-order valence-corrected chi connectivity index (χ2v) is 21.7. The van der Waals surface area contributed by atoms with Crippen LogP contribution in [0.3, 0.4) is 0 Å². The number of Topliss-reactive ketones (excluding diaryl/α,β-unsaturated/α-hetero) is 1. The Hall–Kier alpha value is -3.38. The summed E-state index contributed by atoms with van der Waals surface area (Å²) in [6.07, 6.45) is -10.1. The van der Waals surface area contributed by atoms with Gasteiger partial charge in [-0.15, -0.1) is 0 Å². The Kier molecular flexibility index (Phi) is 18.0. The molecule has 5 rings (SSSR count). The molecule has 0 spiro atoms. The van der Waals surface area contributed by atoms with Gasteiger partial charge < -0.3 is 57.0 Å². The molecule has 0 amide bonds. The van der Waals surface area contributed by atoms with Gasteiger partial charge in [0.15, 0.2) is 27.0 Å². The van der Waals surface area contributed by atoms with Crippen molar-refractivity contribution >= 4 is 20.1 Å². The molecule has 330 valence electrons. The first-order valence-corrected chi connectivity index (χ1v) is 23.6. The molecule has 14 heteroatoms. The fourth-order valence-corrected chi connectivity index (χ4v) is 7.91. The number of aliphatic hydroxyl groups excluding tert-OH is 1. The summed E-state index contributed by atoms with van der Waals surface area (Å²) in [4.78, 5) is 25.0. The van der Waals surface area contributed by atoms with Crippen molar-refractivity contribution in [1.82, 2.24) is 0 Å². The van der Waals surface area contributed by atoms with Crippen molar-refractivity contribution in [2.24, 2.45) is 0 Å². The first-order chi connectivity index (χ1) is 28.7. The maximum absolute atomic E-state index is 13.2. The number of esters is 1. The van der Waals surface area contributed by atoms with E-state index in [0.29, 0.717) is 0 Å². The van der Waals surface area contributed by atoms with Gasteiger partial charge >= 0.3 is 5.97 Å². The maximum Gasteiger partial charge on any atom is 0.306 e. The largest absolute Gasteiger partial charge is 0.457 e. The van der Waals surface area contributed by atoms with Crippen LogP contribution in [0, 0.1) is 0 Å². The van der Waals surface area contributed by atoms with Crippen LogP contribution in [0.5, 0.6) is 0 Å². The third kappa shape index (κ3) is 13.3. The number of carbonyl (C=O) groups is 2. The normalized spacial score (nSPS) is 27.4. The van der Waals surface area contributed by atoms with E-state index in [-0.39, 0.29) is 56.7 Å². The highest BCUT2D eigenvalue weighted by Crippen LogP contribution is 2.39. The Bertz CT molecular complexity index is 1720. The Morgan fingerprint density at radius 3 is 1.68 bits per heavy atom. The van der Waals surface area contributed by atoms with Crippen LogP contribution in [-0.2, 0) is 76.5 Å². The predicted octanol–water partition coefficient (Wildman–Crippen LogP) is 6.53. The molecular weight excluding hydrogens is 789 g/mol. The zero-order valence-corrected chi connectivity index (χ0v) is 37.2. The van der Waals surface area contributed by atoms with E-state index in [1.165, 1.54) is 21.1 Å². The Morgan fingerprint density at radius 1 is 0.650 bits per heavy atom. The number of benzene rings is 3. The number of hydrogen-bond acceptors (Lipinski definition) is 13. The van der Waals surface area contributed by atoms with E-state index >= 15 is 0 Å². The highest BCUT2D eigenvalue weighted by atomic mass is 28.4. The van der Waals surface area contributed by atoms with Gasteiger partial charge in [0, 0.05) is 20.6 Å². The minimum absolute atomic E-state index is 0.0135. The van der Waals surface area contributed by atoms with Crippen molar-refractivity contribution in [3.63, 3.8) is 0 Å². The van der Waals surface area contributed by atoms with Gasteiger partial charge in [0.25, 0.3) is 0 Å². The number of ketones is 1. The minimum atomic E-state index is -2.35. The van der Waals surface area contributed by atoms with E-state index in [1.54, 1.807) is 0 Å². The molecule has 60 heavy (non-hydrogen) atoms. The Labute approximate surface area is 356 Å². The second-order valence-electron chi connectivity index (χ2n) is 16.9. The molecule has 2 aliphatic rings. The Balaban J connectivity index is 1.50. The number of ether oxygens (including phenoxy) is 9. The number of methoxy groups -OCH3 is 2. The van der Waals surface area contributed by atoms with E-state index in [0.717, 1.165) is 16.7 Å². The summed E-state index contributed by atoms with van der Waals surface area (Å²) in [7, 11) is 0.644. The molecule has 2 saturated heterocycles. The van der Waals surface area contributed by atoms with Gasteiger partial charge in [-0.2, -0.15) is 0 Å². The predicted molar refractivity (Wildman–Crippen MR) is 225 cm³/mol. The summed E-state index contributed by atoms with van der Waals surface area (Å²) in [5, 5.41) is 11.5. The monoisotopic (exact) mass is 852 g/mol.